The molecule has 1 amide bonds. The third-order valence-corrected chi connectivity index (χ3v) is 8.72. The molecule has 2 aliphatic heterocycles. The smallest absolute Gasteiger partial charge is 0.257 e. The largest absolute Gasteiger partial charge is 0.493 e. The molecule has 1 fully saturated rings. The number of nitrogens with one attached hydrogen (secondary N) is 1. The maximum absolute atomic E-state index is 12.6. The van der Waals surface area contributed by atoms with Crippen molar-refractivity contribution in [1.82, 2.24) is 9.88 Å². The third kappa shape index (κ3) is 6.87. The van der Waals surface area contributed by atoms with Crippen LogP contribution >= 0.6 is 0 Å². The van der Waals surface area contributed by atoms with E-state index in [2.05, 4.69) is 34.3 Å². The number of aliphatic hydroxyl groups is 1. The van der Waals surface area contributed by atoms with Crippen LogP contribution in [0.2, 0.25) is 0 Å². The van der Waals surface area contributed by atoms with Crippen LogP contribution in [-0.2, 0) is 29.0 Å². The standard InChI is InChI=1S/C36H39N3O6/c1-23-33(21-39-16-14-27-17-31(42-2)32(43-3)18-29(27)20-39)44-36(45-34(23)25-8-6-24(22-40)7-9-25)26-10-12-30(13-11-26)38-35(41)28-5-4-15-37-19-28/h4-13,15,17-19,23,33-34,36,40H,14,16,20-22H2,1-3H3,(H,38,41)/t23-,33+,34+,36+/m1/s1. The Balaban J connectivity index is 1.21. The van der Waals surface area contributed by atoms with Crippen LogP contribution in [-0.4, -0.2) is 54.3 Å². The van der Waals surface area contributed by atoms with E-state index in [-0.39, 0.29) is 30.6 Å². The second kappa shape index (κ2) is 13.8. The zero-order chi connectivity index (χ0) is 31.3. The summed E-state index contributed by atoms with van der Waals surface area (Å²) in [5, 5.41) is 12.5. The van der Waals surface area contributed by atoms with E-state index in [0.29, 0.717) is 11.3 Å². The van der Waals surface area contributed by atoms with Gasteiger partial charge < -0.3 is 29.4 Å². The van der Waals surface area contributed by atoms with Gasteiger partial charge in [-0.25, -0.2) is 0 Å². The van der Waals surface area contributed by atoms with Crippen LogP contribution in [0.3, 0.4) is 0 Å². The minimum Gasteiger partial charge on any atom is -0.493 e. The maximum Gasteiger partial charge on any atom is 0.257 e. The molecule has 0 radical (unpaired) electrons. The molecule has 234 valence electrons. The molecule has 4 aromatic rings. The van der Waals surface area contributed by atoms with Crippen LogP contribution in [0, 0.1) is 5.92 Å². The highest BCUT2D eigenvalue weighted by Crippen LogP contribution is 2.42. The van der Waals surface area contributed by atoms with E-state index in [1.807, 2.05) is 48.5 Å². The molecule has 4 atom stereocenters. The number of hydrogen-bond donors (Lipinski definition) is 2. The van der Waals surface area contributed by atoms with Crippen LogP contribution in [0.15, 0.2) is 85.2 Å². The predicted octanol–water partition coefficient (Wildman–Crippen LogP) is 5.69. The first-order chi connectivity index (χ1) is 21.9. The summed E-state index contributed by atoms with van der Waals surface area (Å²) in [7, 11) is 3.33. The Hall–Kier alpha value is -4.28. The number of benzene rings is 3. The summed E-state index contributed by atoms with van der Waals surface area (Å²) in [5.74, 6) is 1.33. The molecule has 1 saturated heterocycles. The molecule has 3 heterocycles. The second-order valence-corrected chi connectivity index (χ2v) is 11.6. The van der Waals surface area contributed by atoms with Crippen molar-refractivity contribution < 1.29 is 28.8 Å². The Bertz CT molecular complexity index is 1600. The molecule has 2 N–H and O–H groups in total. The van der Waals surface area contributed by atoms with Gasteiger partial charge in [-0.05, 0) is 65.1 Å². The second-order valence-electron chi connectivity index (χ2n) is 11.6. The van der Waals surface area contributed by atoms with Crippen molar-refractivity contribution in [2.45, 2.75) is 45.0 Å². The number of amides is 1. The highest BCUT2D eigenvalue weighted by molar-refractivity contribution is 6.04. The lowest BCUT2D eigenvalue weighted by Gasteiger charge is -2.43. The molecule has 45 heavy (non-hydrogen) atoms. The third-order valence-electron chi connectivity index (χ3n) is 8.72. The zero-order valence-corrected chi connectivity index (χ0v) is 25.8. The van der Waals surface area contributed by atoms with Gasteiger partial charge in [-0.3, -0.25) is 14.7 Å². The monoisotopic (exact) mass is 609 g/mol. The lowest BCUT2D eigenvalue weighted by Crippen LogP contribution is -2.45. The first kappa shape index (κ1) is 30.7. The summed E-state index contributed by atoms with van der Waals surface area (Å²) in [6.45, 7) is 4.59. The predicted molar refractivity (Wildman–Crippen MR) is 170 cm³/mol. The van der Waals surface area contributed by atoms with E-state index >= 15 is 0 Å². The van der Waals surface area contributed by atoms with Gasteiger partial charge in [0.2, 0.25) is 0 Å². The molecule has 9 heteroatoms. The van der Waals surface area contributed by atoms with Gasteiger partial charge in [0.05, 0.1) is 38.6 Å². The molecule has 0 spiro atoms. The molecule has 2 aliphatic rings. The van der Waals surface area contributed by atoms with Crippen molar-refractivity contribution in [1.29, 1.82) is 0 Å². The number of ether oxygens (including phenoxy) is 4. The highest BCUT2D eigenvalue weighted by Gasteiger charge is 2.39. The minimum atomic E-state index is -0.599. The van der Waals surface area contributed by atoms with Crippen LogP contribution < -0.4 is 14.8 Å². The zero-order valence-electron chi connectivity index (χ0n) is 25.8. The molecular formula is C36H39N3O6. The number of carbonyl (C=O) groups is 1. The van der Waals surface area contributed by atoms with Crippen LogP contribution in [0.5, 0.6) is 11.5 Å². The van der Waals surface area contributed by atoms with Gasteiger partial charge in [0.25, 0.3) is 5.91 Å². The number of rotatable bonds is 9. The van der Waals surface area contributed by atoms with E-state index in [4.69, 9.17) is 18.9 Å². The fourth-order valence-corrected chi connectivity index (χ4v) is 6.10. The maximum atomic E-state index is 12.6. The average Bonchev–Trinajstić information content (AvgIpc) is 3.09. The first-order valence-corrected chi connectivity index (χ1v) is 15.2. The summed E-state index contributed by atoms with van der Waals surface area (Å²) in [6, 6.07) is 23.1. The van der Waals surface area contributed by atoms with Gasteiger partial charge in [0, 0.05) is 49.2 Å². The lowest BCUT2D eigenvalue weighted by atomic mass is 9.89. The number of hydrogen-bond acceptors (Lipinski definition) is 8. The highest BCUT2D eigenvalue weighted by atomic mass is 16.7. The van der Waals surface area contributed by atoms with Crippen molar-refractivity contribution in [2.75, 3.05) is 32.6 Å². The van der Waals surface area contributed by atoms with Crippen LogP contribution in [0.25, 0.3) is 0 Å². The molecule has 0 unspecified atom stereocenters. The molecule has 0 bridgehead atoms. The number of aromatic nitrogens is 1. The van der Waals surface area contributed by atoms with Gasteiger partial charge in [-0.2, -0.15) is 0 Å². The fourth-order valence-electron chi connectivity index (χ4n) is 6.10. The summed E-state index contributed by atoms with van der Waals surface area (Å²) >= 11 is 0. The van der Waals surface area contributed by atoms with E-state index in [0.717, 1.165) is 54.2 Å². The Morgan fingerprint density at radius 3 is 2.36 bits per heavy atom. The van der Waals surface area contributed by atoms with Crippen molar-refractivity contribution in [3.63, 3.8) is 0 Å². The summed E-state index contributed by atoms with van der Waals surface area (Å²) in [5.41, 5.74) is 6.43. The molecule has 0 aliphatic carbocycles. The molecule has 0 saturated carbocycles. The molecule has 9 nitrogen and oxygen atoms in total. The van der Waals surface area contributed by atoms with Gasteiger partial charge in [-0.1, -0.05) is 43.3 Å². The SMILES string of the molecule is COc1cc2c(cc1OC)CN(C[C@@H]1O[C@H](c3ccc(NC(=O)c4cccnc4)cc3)O[C@H](c3ccc(CO)cc3)[C@@H]1C)CC2. The van der Waals surface area contributed by atoms with Crippen molar-refractivity contribution in [2.24, 2.45) is 5.92 Å². The van der Waals surface area contributed by atoms with Crippen molar-refractivity contribution >= 4 is 11.6 Å². The molecular weight excluding hydrogens is 570 g/mol. The van der Waals surface area contributed by atoms with Gasteiger partial charge in [0.1, 0.15) is 0 Å². The molecule has 1 aromatic heterocycles. The number of carbonyl (C=O) groups excluding carboxylic acids is 1. The van der Waals surface area contributed by atoms with Crippen molar-refractivity contribution in [3.8, 4) is 11.5 Å². The van der Waals surface area contributed by atoms with E-state index in [1.54, 1.807) is 32.5 Å². The normalized spacial score (nSPS) is 21.5. The van der Waals surface area contributed by atoms with Gasteiger partial charge in [-0.15, -0.1) is 0 Å². The lowest BCUT2D eigenvalue weighted by molar-refractivity contribution is -0.276. The van der Waals surface area contributed by atoms with Crippen LogP contribution in [0.4, 0.5) is 5.69 Å². The topological polar surface area (TPSA) is 102 Å². The summed E-state index contributed by atoms with van der Waals surface area (Å²) in [4.78, 5) is 19.1. The van der Waals surface area contributed by atoms with Gasteiger partial charge in [0.15, 0.2) is 17.8 Å². The average molecular weight is 610 g/mol. The van der Waals surface area contributed by atoms with E-state index in [9.17, 15) is 9.90 Å². The Morgan fingerprint density at radius 1 is 0.978 bits per heavy atom. The number of aliphatic hydroxyl groups excluding tert-OH is 1. The van der Waals surface area contributed by atoms with E-state index in [1.165, 1.54) is 17.3 Å². The van der Waals surface area contributed by atoms with Crippen LogP contribution in [0.1, 0.15) is 57.5 Å². The van der Waals surface area contributed by atoms with Gasteiger partial charge >= 0.3 is 0 Å². The Morgan fingerprint density at radius 2 is 1.69 bits per heavy atom. The number of fused-ring (bicyclic) bond motifs is 1. The number of anilines is 1. The van der Waals surface area contributed by atoms with E-state index < -0.39 is 6.29 Å². The number of pyridine rings is 1. The fraction of sp³-hybridized carbons (Fsp3) is 0.333. The number of methoxy groups -OCH3 is 2. The molecule has 3 aromatic carbocycles. The van der Waals surface area contributed by atoms with Crippen molar-refractivity contribution in [3.05, 3.63) is 119 Å². The summed E-state index contributed by atoms with van der Waals surface area (Å²) in [6.07, 6.45) is 3.16. The first-order valence-electron chi connectivity index (χ1n) is 15.2. The summed E-state index contributed by atoms with van der Waals surface area (Å²) < 4.78 is 24.4. The Labute approximate surface area is 263 Å². The Kier molecular flexibility index (Phi) is 9.42. The number of nitrogens with zero attached hydrogens (tertiary/aromatic N) is 2. The minimum absolute atomic E-state index is 0.00746. The quantitative estimate of drug-likeness (QED) is 0.250. The molecule has 6 rings (SSSR count).